The van der Waals surface area contributed by atoms with E-state index >= 15 is 0 Å². The topological polar surface area (TPSA) is 49.4 Å². The van der Waals surface area contributed by atoms with E-state index in [1.165, 1.54) is 6.92 Å². The zero-order valence-electron chi connectivity index (χ0n) is 16.2. The van der Waals surface area contributed by atoms with Crippen molar-refractivity contribution in [3.8, 4) is 0 Å². The van der Waals surface area contributed by atoms with Gasteiger partial charge in [0.1, 0.15) is 0 Å². The van der Waals surface area contributed by atoms with Gasteiger partial charge in [-0.1, -0.05) is 55.8 Å². The molecule has 0 aliphatic heterocycles. The Morgan fingerprint density at radius 1 is 1.04 bits per heavy atom. The van der Waals surface area contributed by atoms with Crippen molar-refractivity contribution in [1.82, 2.24) is 4.90 Å². The lowest BCUT2D eigenvalue weighted by Gasteiger charge is -2.22. The first-order chi connectivity index (χ1) is 12.9. The van der Waals surface area contributed by atoms with Crippen molar-refractivity contribution >= 4 is 29.1 Å². The highest BCUT2D eigenvalue weighted by molar-refractivity contribution is 6.30. The number of nitrogens with one attached hydrogen (secondary N) is 1. The second-order valence-corrected chi connectivity index (χ2v) is 6.96. The highest BCUT2D eigenvalue weighted by Gasteiger charge is 2.16. The van der Waals surface area contributed by atoms with Crippen molar-refractivity contribution in [2.24, 2.45) is 0 Å². The lowest BCUT2D eigenvalue weighted by atomic mass is 10.0. The number of benzene rings is 2. The minimum Gasteiger partial charge on any atom is -0.333 e. The fraction of sp³-hybridized carbons (Fsp3) is 0.364. The van der Waals surface area contributed by atoms with Crippen LogP contribution in [0.3, 0.4) is 0 Å². The first-order valence-electron chi connectivity index (χ1n) is 9.35. The number of hydrogen-bond acceptors (Lipinski definition) is 2. The second kappa shape index (κ2) is 10.1. The number of para-hydroxylation sites is 1. The van der Waals surface area contributed by atoms with Crippen molar-refractivity contribution in [1.29, 1.82) is 0 Å². The van der Waals surface area contributed by atoms with Gasteiger partial charge in [0.05, 0.1) is 6.54 Å². The quantitative estimate of drug-likeness (QED) is 0.726. The summed E-state index contributed by atoms with van der Waals surface area (Å²) in [4.78, 5) is 26.2. The Bertz CT molecular complexity index is 782. The summed E-state index contributed by atoms with van der Waals surface area (Å²) in [5.41, 5.74) is 4.14. The summed E-state index contributed by atoms with van der Waals surface area (Å²) in [6, 6.07) is 13.6. The van der Waals surface area contributed by atoms with E-state index in [4.69, 9.17) is 11.6 Å². The third kappa shape index (κ3) is 6.10. The Morgan fingerprint density at radius 3 is 2.22 bits per heavy atom. The Balaban J connectivity index is 2.04. The van der Waals surface area contributed by atoms with E-state index in [0.717, 1.165) is 35.2 Å². The molecule has 144 valence electrons. The summed E-state index contributed by atoms with van der Waals surface area (Å²) in [5, 5.41) is 3.69. The Morgan fingerprint density at radius 2 is 1.67 bits per heavy atom. The third-order valence-corrected chi connectivity index (χ3v) is 4.84. The van der Waals surface area contributed by atoms with Gasteiger partial charge in [0, 0.05) is 24.2 Å². The van der Waals surface area contributed by atoms with Crippen molar-refractivity contribution in [3.63, 3.8) is 0 Å². The molecule has 1 N–H and O–H groups in total. The zero-order valence-corrected chi connectivity index (χ0v) is 17.0. The predicted molar refractivity (Wildman–Crippen MR) is 111 cm³/mol. The van der Waals surface area contributed by atoms with Crippen LogP contribution in [0.4, 0.5) is 5.69 Å². The Hall–Kier alpha value is -2.33. The predicted octanol–water partition coefficient (Wildman–Crippen LogP) is 4.49. The van der Waals surface area contributed by atoms with Gasteiger partial charge in [0.2, 0.25) is 11.8 Å². The van der Waals surface area contributed by atoms with Crippen LogP contribution in [0.5, 0.6) is 0 Å². The molecule has 0 unspecified atom stereocenters. The number of anilines is 1. The molecule has 0 fully saturated rings. The smallest absolute Gasteiger partial charge is 0.244 e. The number of carbonyl (C=O) groups excluding carboxylic acids is 2. The van der Waals surface area contributed by atoms with Crippen molar-refractivity contribution in [2.45, 2.75) is 40.0 Å². The average molecular weight is 387 g/mol. The number of hydrogen-bond donors (Lipinski definition) is 1. The summed E-state index contributed by atoms with van der Waals surface area (Å²) in [7, 11) is 0. The van der Waals surface area contributed by atoms with Crippen LogP contribution in [0.15, 0.2) is 42.5 Å². The molecular formula is C22H27ClN2O2. The molecule has 0 atom stereocenters. The lowest BCUT2D eigenvalue weighted by molar-refractivity contribution is -0.132. The van der Waals surface area contributed by atoms with Crippen molar-refractivity contribution < 1.29 is 9.59 Å². The van der Waals surface area contributed by atoms with E-state index in [0.29, 0.717) is 18.0 Å². The van der Waals surface area contributed by atoms with Gasteiger partial charge in [-0.15, -0.1) is 0 Å². The Labute approximate surface area is 166 Å². The van der Waals surface area contributed by atoms with E-state index in [9.17, 15) is 9.59 Å². The summed E-state index contributed by atoms with van der Waals surface area (Å²) in [6.07, 6.45) is 2.34. The minimum absolute atomic E-state index is 0.0388. The lowest BCUT2D eigenvalue weighted by Crippen LogP contribution is -2.38. The Kier molecular flexibility index (Phi) is 7.86. The molecule has 2 aromatic rings. The molecule has 0 spiro atoms. The summed E-state index contributed by atoms with van der Waals surface area (Å²) in [6.45, 7) is 6.13. The number of carbonyl (C=O) groups is 2. The molecule has 2 rings (SSSR count). The van der Waals surface area contributed by atoms with Crippen LogP contribution in [0.2, 0.25) is 5.02 Å². The van der Waals surface area contributed by atoms with Crippen LogP contribution in [0.1, 0.15) is 37.5 Å². The molecule has 0 aliphatic rings. The monoisotopic (exact) mass is 386 g/mol. The third-order valence-electron chi connectivity index (χ3n) is 4.60. The average Bonchev–Trinajstić information content (AvgIpc) is 2.65. The SMILES string of the molecule is CCc1cccc(CC)c1NC(=O)CN(CCc1cccc(Cl)c1)C(C)=O. The van der Waals surface area contributed by atoms with Gasteiger partial charge in [-0.05, 0) is 48.1 Å². The first-order valence-corrected chi connectivity index (χ1v) is 9.73. The van der Waals surface area contributed by atoms with Gasteiger partial charge < -0.3 is 10.2 Å². The molecule has 0 bridgehead atoms. The van der Waals surface area contributed by atoms with E-state index < -0.39 is 0 Å². The van der Waals surface area contributed by atoms with Gasteiger partial charge in [0.15, 0.2) is 0 Å². The molecule has 2 amide bonds. The van der Waals surface area contributed by atoms with Crippen LogP contribution in [-0.2, 0) is 28.9 Å². The first kappa shape index (κ1) is 21.0. The summed E-state index contributed by atoms with van der Waals surface area (Å²) >= 11 is 6.01. The van der Waals surface area contributed by atoms with Gasteiger partial charge in [-0.3, -0.25) is 9.59 Å². The number of nitrogens with zero attached hydrogens (tertiary/aromatic N) is 1. The van der Waals surface area contributed by atoms with Crippen LogP contribution < -0.4 is 5.32 Å². The molecule has 2 aromatic carbocycles. The molecule has 0 heterocycles. The molecule has 4 nitrogen and oxygen atoms in total. The number of amides is 2. The largest absolute Gasteiger partial charge is 0.333 e. The molecule has 0 aliphatic carbocycles. The van der Waals surface area contributed by atoms with Gasteiger partial charge in [-0.25, -0.2) is 0 Å². The number of aryl methyl sites for hydroxylation is 2. The number of rotatable bonds is 8. The molecular weight excluding hydrogens is 360 g/mol. The van der Waals surface area contributed by atoms with E-state index in [2.05, 4.69) is 19.2 Å². The molecule has 0 aromatic heterocycles. The van der Waals surface area contributed by atoms with Gasteiger partial charge >= 0.3 is 0 Å². The van der Waals surface area contributed by atoms with E-state index in [-0.39, 0.29) is 18.4 Å². The van der Waals surface area contributed by atoms with Gasteiger partial charge in [0.25, 0.3) is 0 Å². The zero-order chi connectivity index (χ0) is 19.8. The highest BCUT2D eigenvalue weighted by Crippen LogP contribution is 2.22. The van der Waals surface area contributed by atoms with Crippen LogP contribution in [-0.4, -0.2) is 29.8 Å². The summed E-state index contributed by atoms with van der Waals surface area (Å²) in [5.74, 6) is -0.293. The van der Waals surface area contributed by atoms with Crippen LogP contribution in [0.25, 0.3) is 0 Å². The minimum atomic E-state index is -0.174. The molecule has 0 radical (unpaired) electrons. The molecule has 5 heteroatoms. The maximum atomic E-state index is 12.6. The fourth-order valence-electron chi connectivity index (χ4n) is 3.06. The van der Waals surface area contributed by atoms with Crippen molar-refractivity contribution in [3.05, 3.63) is 64.2 Å². The van der Waals surface area contributed by atoms with E-state index in [1.54, 1.807) is 4.90 Å². The maximum Gasteiger partial charge on any atom is 0.244 e. The normalized spacial score (nSPS) is 10.5. The van der Waals surface area contributed by atoms with E-state index in [1.807, 2.05) is 42.5 Å². The molecule has 0 saturated carbocycles. The van der Waals surface area contributed by atoms with Crippen LogP contribution >= 0.6 is 11.6 Å². The molecule has 0 saturated heterocycles. The fourth-order valence-corrected chi connectivity index (χ4v) is 3.27. The second-order valence-electron chi connectivity index (χ2n) is 6.53. The summed E-state index contributed by atoms with van der Waals surface area (Å²) < 4.78 is 0. The highest BCUT2D eigenvalue weighted by atomic mass is 35.5. The van der Waals surface area contributed by atoms with Crippen LogP contribution in [0, 0.1) is 0 Å². The molecule has 27 heavy (non-hydrogen) atoms. The van der Waals surface area contributed by atoms with Crippen molar-refractivity contribution in [2.75, 3.05) is 18.4 Å². The standard InChI is InChI=1S/C22H27ClN2O2/c1-4-18-9-7-10-19(5-2)22(18)24-21(27)15-25(16(3)26)13-12-17-8-6-11-20(23)14-17/h6-11,14H,4-5,12-13,15H2,1-3H3,(H,24,27). The van der Waals surface area contributed by atoms with Gasteiger partial charge in [-0.2, -0.15) is 0 Å². The maximum absolute atomic E-state index is 12.6. The number of halogens is 1.